The molecule has 0 saturated carbocycles. The molecule has 0 unspecified atom stereocenters. The molecule has 0 atom stereocenters. The maximum atomic E-state index is 9.32. The number of hydrogen-bond donors (Lipinski definition) is 9. The Balaban J connectivity index is 2.08. The van der Waals surface area contributed by atoms with Crippen LogP contribution >= 0.6 is 24.5 Å². The normalized spacial score (nSPS) is 13.8. The fraction of sp³-hybridized carbons (Fsp3) is 0. The molecule has 0 aliphatic heterocycles. The monoisotopic (exact) mass is 527 g/mol. The van der Waals surface area contributed by atoms with Gasteiger partial charge in [0.15, 0.2) is 0 Å². The van der Waals surface area contributed by atoms with E-state index < -0.39 is 24.5 Å². The van der Waals surface area contributed by atoms with Gasteiger partial charge in [-0.05, 0) is 0 Å². The fourth-order valence-corrected chi connectivity index (χ4v) is 3.85. The topological polar surface area (TPSA) is 248 Å². The van der Waals surface area contributed by atoms with E-state index in [1.807, 2.05) is 0 Å². The first-order valence-electron chi connectivity index (χ1n) is 8.70. The molecule has 0 fully saturated rings. The van der Waals surface area contributed by atoms with E-state index in [2.05, 4.69) is 24.0 Å². The summed E-state index contributed by atoms with van der Waals surface area (Å²) in [6.45, 7) is 0. The first-order chi connectivity index (χ1) is 15.2. The predicted octanol–water partition coefficient (Wildman–Crippen LogP) is -0.498. The van der Waals surface area contributed by atoms with Crippen LogP contribution in [0.25, 0.3) is 22.8 Å². The molecule has 0 bridgehead atoms. The van der Waals surface area contributed by atoms with Crippen LogP contribution in [0.1, 0.15) is 0 Å². The molecular weight excluding hydrogens is 507 g/mol. The van der Waals surface area contributed by atoms with E-state index in [1.54, 1.807) is 0 Å². The minimum absolute atomic E-state index is 0.00407. The summed E-state index contributed by atoms with van der Waals surface area (Å²) < 4.78 is 14.1. The Morgan fingerprint density at radius 2 is 0.818 bits per heavy atom. The van der Waals surface area contributed by atoms with Crippen LogP contribution in [0, 0.1) is 0 Å². The van der Waals surface area contributed by atoms with Crippen molar-refractivity contribution < 1.29 is 57.6 Å². The SMILES string of the molecule is O[PH](O)(O)Oc1ccnc(-c2cc(O[PH](O)(O)O)cc(-c3cc(O[PH](O)(O)O)ccn3)n2)c1. The molecule has 0 saturated heterocycles. The number of hydrogen-bond acceptors (Lipinski definition) is 15. The van der Waals surface area contributed by atoms with E-state index in [4.69, 9.17) is 33.9 Å². The molecule has 3 aromatic heterocycles. The first-order valence-corrected chi connectivity index (χ1v) is 14.0. The molecular formula is C15H20N3O12P3. The Hall–Kier alpha value is -2.22. The van der Waals surface area contributed by atoms with E-state index >= 15 is 0 Å². The third kappa shape index (κ3) is 8.25. The molecule has 182 valence electrons. The second kappa shape index (κ2) is 9.57. The summed E-state index contributed by atoms with van der Waals surface area (Å²) in [6, 6.07) is 7.12. The van der Waals surface area contributed by atoms with Crippen molar-refractivity contribution in [2.24, 2.45) is 0 Å². The van der Waals surface area contributed by atoms with Crippen LogP contribution in [-0.4, -0.2) is 59.0 Å². The summed E-state index contributed by atoms with van der Waals surface area (Å²) in [5.41, 5.74) is 0.0723. The van der Waals surface area contributed by atoms with Crippen molar-refractivity contribution in [3.63, 3.8) is 0 Å². The Bertz CT molecular complexity index is 1060. The van der Waals surface area contributed by atoms with Crippen LogP contribution < -0.4 is 13.6 Å². The summed E-state index contributed by atoms with van der Waals surface area (Å²) >= 11 is 0. The first kappa shape index (κ1) is 25.4. The summed E-state index contributed by atoms with van der Waals surface area (Å²) in [4.78, 5) is 95.1. The predicted molar refractivity (Wildman–Crippen MR) is 117 cm³/mol. The minimum atomic E-state index is -5.04. The van der Waals surface area contributed by atoms with Gasteiger partial charge in [0.2, 0.25) is 0 Å². The number of aromatic nitrogens is 3. The Morgan fingerprint density at radius 3 is 1.18 bits per heavy atom. The van der Waals surface area contributed by atoms with Crippen molar-refractivity contribution >= 4 is 24.5 Å². The van der Waals surface area contributed by atoms with Gasteiger partial charge in [0.05, 0.1) is 0 Å². The van der Waals surface area contributed by atoms with Crippen LogP contribution in [0.4, 0.5) is 0 Å². The van der Waals surface area contributed by atoms with Crippen molar-refractivity contribution in [1.29, 1.82) is 0 Å². The van der Waals surface area contributed by atoms with Gasteiger partial charge in [-0.3, -0.25) is 0 Å². The van der Waals surface area contributed by atoms with Gasteiger partial charge in [-0.15, -0.1) is 0 Å². The third-order valence-electron chi connectivity index (χ3n) is 3.55. The summed E-state index contributed by atoms with van der Waals surface area (Å²) in [5.74, 6) is -0.624. The van der Waals surface area contributed by atoms with Crippen LogP contribution in [0.3, 0.4) is 0 Å². The summed E-state index contributed by atoms with van der Waals surface area (Å²) in [6.07, 6.45) is 2.40. The van der Waals surface area contributed by atoms with Crippen LogP contribution in [-0.2, 0) is 0 Å². The van der Waals surface area contributed by atoms with Crippen molar-refractivity contribution in [2.75, 3.05) is 0 Å². The van der Waals surface area contributed by atoms with E-state index in [9.17, 15) is 14.7 Å². The van der Waals surface area contributed by atoms with E-state index in [-0.39, 0.29) is 40.0 Å². The quantitative estimate of drug-likeness (QED) is 0.168. The van der Waals surface area contributed by atoms with Crippen molar-refractivity contribution in [3.05, 3.63) is 48.8 Å². The molecule has 3 heterocycles. The zero-order valence-electron chi connectivity index (χ0n) is 16.2. The molecule has 33 heavy (non-hydrogen) atoms. The Morgan fingerprint density at radius 1 is 0.485 bits per heavy atom. The Labute approximate surface area is 186 Å². The summed E-state index contributed by atoms with van der Waals surface area (Å²) in [5, 5.41) is 0. The van der Waals surface area contributed by atoms with Gasteiger partial charge in [-0.1, -0.05) is 0 Å². The van der Waals surface area contributed by atoms with Crippen molar-refractivity contribution in [2.45, 2.75) is 0 Å². The Kier molecular flexibility index (Phi) is 7.36. The second-order valence-corrected chi connectivity index (χ2v) is 10.4. The van der Waals surface area contributed by atoms with Gasteiger partial charge in [0, 0.05) is 0 Å². The average molecular weight is 527 g/mol. The molecule has 0 radical (unpaired) electrons. The standard InChI is InChI=1S/C15H20N3O12P3/c19-31(20,21)28-9-1-3-16-12(5-9)14-7-11(30-33(25,26)27)8-15(18-14)13-6-10(2-4-17-13)29-32(22,23)24/h1-8,19-27,31-33H. The van der Waals surface area contributed by atoms with Gasteiger partial charge < -0.3 is 0 Å². The van der Waals surface area contributed by atoms with Crippen LogP contribution in [0.5, 0.6) is 17.2 Å². The molecule has 0 aliphatic carbocycles. The van der Waals surface area contributed by atoms with Gasteiger partial charge in [0.25, 0.3) is 0 Å². The van der Waals surface area contributed by atoms with Gasteiger partial charge in [0.1, 0.15) is 0 Å². The molecule has 0 spiro atoms. The molecule has 9 N–H and O–H groups in total. The van der Waals surface area contributed by atoms with Crippen molar-refractivity contribution in [3.8, 4) is 40.0 Å². The van der Waals surface area contributed by atoms with Crippen LogP contribution in [0.15, 0.2) is 48.8 Å². The zero-order valence-corrected chi connectivity index (χ0v) is 19.2. The molecule has 3 rings (SSSR count). The number of pyridine rings is 3. The summed E-state index contributed by atoms with van der Waals surface area (Å²) in [7, 11) is -14.8. The third-order valence-corrected chi connectivity index (χ3v) is 5.08. The fourth-order valence-electron chi connectivity index (χ4n) is 2.53. The molecule has 3 aromatic rings. The van der Waals surface area contributed by atoms with E-state index in [0.29, 0.717) is 0 Å². The molecule has 0 aromatic carbocycles. The second-order valence-electron chi connectivity index (χ2n) is 6.35. The zero-order chi connectivity index (χ0) is 24.4. The molecule has 18 heteroatoms. The number of nitrogens with zero attached hydrogens (tertiary/aromatic N) is 3. The van der Waals surface area contributed by atoms with Crippen molar-refractivity contribution in [1.82, 2.24) is 15.0 Å². The van der Waals surface area contributed by atoms with E-state index in [0.717, 1.165) is 12.1 Å². The molecule has 0 amide bonds. The number of rotatable bonds is 8. The van der Waals surface area contributed by atoms with Crippen LogP contribution in [0.2, 0.25) is 0 Å². The van der Waals surface area contributed by atoms with Gasteiger partial charge in [-0.25, -0.2) is 0 Å². The molecule has 15 nitrogen and oxygen atoms in total. The van der Waals surface area contributed by atoms with Gasteiger partial charge >= 0.3 is 186 Å². The maximum absolute atomic E-state index is 9.32. The molecule has 0 aliphatic rings. The average Bonchev–Trinajstić information content (AvgIpc) is 2.64. The van der Waals surface area contributed by atoms with E-state index in [1.165, 1.54) is 36.7 Å². The van der Waals surface area contributed by atoms with Gasteiger partial charge in [-0.2, -0.15) is 0 Å².